The summed E-state index contributed by atoms with van der Waals surface area (Å²) in [7, 11) is 0. The predicted octanol–water partition coefficient (Wildman–Crippen LogP) is 2.62. The molecule has 0 aromatic heterocycles. The summed E-state index contributed by atoms with van der Waals surface area (Å²) in [5.74, 6) is 1.06. The summed E-state index contributed by atoms with van der Waals surface area (Å²) >= 11 is 0. The maximum atomic E-state index is 13.0. The molecule has 0 aromatic rings. The van der Waals surface area contributed by atoms with Gasteiger partial charge in [0.2, 0.25) is 11.8 Å². The number of hydrogen-bond acceptors (Lipinski definition) is 2. The van der Waals surface area contributed by atoms with Crippen molar-refractivity contribution in [3.63, 3.8) is 0 Å². The van der Waals surface area contributed by atoms with Crippen LogP contribution in [0.1, 0.15) is 70.6 Å². The molecule has 3 rings (SSSR count). The molecule has 1 spiro atoms. The van der Waals surface area contributed by atoms with Crippen LogP contribution < -0.4 is 5.32 Å². The van der Waals surface area contributed by atoms with Crippen LogP contribution in [0.5, 0.6) is 0 Å². The minimum Gasteiger partial charge on any atom is -0.342 e. The Bertz CT molecular complexity index is 396. The van der Waals surface area contributed by atoms with Crippen molar-refractivity contribution in [3.8, 4) is 0 Å². The molecule has 2 saturated carbocycles. The first-order chi connectivity index (χ1) is 10.2. The molecule has 118 valence electrons. The number of rotatable bonds is 3. The van der Waals surface area contributed by atoms with E-state index in [1.807, 2.05) is 4.90 Å². The first-order valence-electron chi connectivity index (χ1n) is 8.80. The molecule has 3 aliphatic rings. The molecule has 0 bridgehead atoms. The fraction of sp³-hybridized carbons (Fsp3) is 0.882. The predicted molar refractivity (Wildman–Crippen MR) is 81.7 cm³/mol. The van der Waals surface area contributed by atoms with E-state index in [1.54, 1.807) is 0 Å². The van der Waals surface area contributed by atoms with E-state index in [4.69, 9.17) is 0 Å². The lowest BCUT2D eigenvalue weighted by Crippen LogP contribution is -2.58. The average Bonchev–Trinajstić information content (AvgIpc) is 2.97. The van der Waals surface area contributed by atoms with Crippen molar-refractivity contribution >= 4 is 11.8 Å². The lowest BCUT2D eigenvalue weighted by Gasteiger charge is -2.38. The summed E-state index contributed by atoms with van der Waals surface area (Å²) in [6.07, 6.45) is 11.9. The van der Waals surface area contributed by atoms with E-state index < -0.39 is 5.54 Å². The van der Waals surface area contributed by atoms with Gasteiger partial charge < -0.3 is 10.2 Å². The summed E-state index contributed by atoms with van der Waals surface area (Å²) in [4.78, 5) is 27.0. The maximum absolute atomic E-state index is 13.0. The number of amides is 2. The largest absolute Gasteiger partial charge is 0.342 e. The zero-order valence-electron chi connectivity index (χ0n) is 13.0. The van der Waals surface area contributed by atoms with Crippen molar-refractivity contribution in [1.82, 2.24) is 10.2 Å². The zero-order valence-corrected chi connectivity index (χ0v) is 13.0. The summed E-state index contributed by atoms with van der Waals surface area (Å²) < 4.78 is 0. The van der Waals surface area contributed by atoms with Crippen LogP contribution in [-0.4, -0.2) is 35.3 Å². The van der Waals surface area contributed by atoms with Gasteiger partial charge in [-0.3, -0.25) is 9.59 Å². The van der Waals surface area contributed by atoms with E-state index in [9.17, 15) is 9.59 Å². The van der Waals surface area contributed by atoms with Crippen LogP contribution in [0.3, 0.4) is 0 Å². The third kappa shape index (κ3) is 3.24. The number of nitrogens with one attached hydrogen (secondary N) is 1. The van der Waals surface area contributed by atoms with Gasteiger partial charge in [0.1, 0.15) is 5.54 Å². The molecule has 4 nitrogen and oxygen atoms in total. The van der Waals surface area contributed by atoms with Crippen LogP contribution in [0.25, 0.3) is 0 Å². The van der Waals surface area contributed by atoms with Gasteiger partial charge in [-0.1, -0.05) is 44.9 Å². The van der Waals surface area contributed by atoms with E-state index in [2.05, 4.69) is 5.32 Å². The van der Waals surface area contributed by atoms with Gasteiger partial charge in [0.05, 0.1) is 0 Å². The number of hydrogen-bond donors (Lipinski definition) is 1. The van der Waals surface area contributed by atoms with Crippen molar-refractivity contribution in [3.05, 3.63) is 0 Å². The SMILES string of the molecule is O=C1CCN(CCC2CCCC2)C(=O)C2(CCCCC2)N1. The Labute approximate surface area is 127 Å². The summed E-state index contributed by atoms with van der Waals surface area (Å²) in [5, 5.41) is 3.07. The molecule has 2 amide bonds. The fourth-order valence-electron chi connectivity index (χ4n) is 4.37. The topological polar surface area (TPSA) is 49.4 Å². The van der Waals surface area contributed by atoms with Gasteiger partial charge in [0.25, 0.3) is 0 Å². The molecule has 3 fully saturated rings. The number of carbonyl (C=O) groups is 2. The van der Waals surface area contributed by atoms with Crippen LogP contribution in [0.15, 0.2) is 0 Å². The average molecular weight is 292 g/mol. The van der Waals surface area contributed by atoms with Crippen molar-refractivity contribution in [2.45, 2.75) is 76.2 Å². The highest BCUT2D eigenvalue weighted by molar-refractivity contribution is 5.93. The van der Waals surface area contributed by atoms with Crippen molar-refractivity contribution < 1.29 is 9.59 Å². The molecule has 0 aromatic carbocycles. The van der Waals surface area contributed by atoms with Crippen LogP contribution in [0.4, 0.5) is 0 Å². The van der Waals surface area contributed by atoms with Gasteiger partial charge in [0, 0.05) is 19.5 Å². The molecule has 0 atom stereocenters. The molecule has 0 radical (unpaired) electrons. The lowest BCUT2D eigenvalue weighted by molar-refractivity contribution is -0.140. The Morgan fingerprint density at radius 3 is 2.48 bits per heavy atom. The maximum Gasteiger partial charge on any atom is 0.248 e. The highest BCUT2D eigenvalue weighted by atomic mass is 16.2. The minimum absolute atomic E-state index is 0.0635. The minimum atomic E-state index is -0.568. The van der Waals surface area contributed by atoms with Gasteiger partial charge in [0.15, 0.2) is 0 Å². The summed E-state index contributed by atoms with van der Waals surface area (Å²) in [6.45, 7) is 1.46. The smallest absolute Gasteiger partial charge is 0.248 e. The van der Waals surface area contributed by atoms with Gasteiger partial charge in [-0.05, 0) is 25.2 Å². The first-order valence-corrected chi connectivity index (χ1v) is 8.80. The van der Waals surface area contributed by atoms with E-state index in [1.165, 1.54) is 32.1 Å². The Kier molecular flexibility index (Phi) is 4.51. The molecule has 21 heavy (non-hydrogen) atoms. The Morgan fingerprint density at radius 1 is 1.05 bits per heavy atom. The van der Waals surface area contributed by atoms with Gasteiger partial charge >= 0.3 is 0 Å². The van der Waals surface area contributed by atoms with Crippen molar-refractivity contribution in [2.24, 2.45) is 5.92 Å². The second-order valence-corrected chi connectivity index (χ2v) is 7.17. The molecule has 1 aliphatic heterocycles. The second kappa shape index (κ2) is 6.37. The van der Waals surface area contributed by atoms with Crippen LogP contribution in [0.2, 0.25) is 0 Å². The van der Waals surface area contributed by atoms with Crippen molar-refractivity contribution in [2.75, 3.05) is 13.1 Å². The van der Waals surface area contributed by atoms with Crippen LogP contribution >= 0.6 is 0 Å². The molecule has 2 aliphatic carbocycles. The molecule has 0 unspecified atom stereocenters. The molecular weight excluding hydrogens is 264 g/mol. The molecule has 1 heterocycles. The van der Waals surface area contributed by atoms with Gasteiger partial charge in [-0.15, -0.1) is 0 Å². The lowest BCUT2D eigenvalue weighted by atomic mass is 9.80. The third-order valence-corrected chi connectivity index (χ3v) is 5.67. The molecule has 1 N–H and O–H groups in total. The Balaban J connectivity index is 1.67. The number of nitrogens with zero attached hydrogens (tertiary/aromatic N) is 1. The van der Waals surface area contributed by atoms with E-state index >= 15 is 0 Å². The van der Waals surface area contributed by atoms with E-state index in [0.29, 0.717) is 13.0 Å². The number of carbonyl (C=O) groups excluding carboxylic acids is 2. The zero-order chi connectivity index (χ0) is 14.7. The van der Waals surface area contributed by atoms with Crippen molar-refractivity contribution in [1.29, 1.82) is 0 Å². The Morgan fingerprint density at radius 2 is 1.76 bits per heavy atom. The van der Waals surface area contributed by atoms with Crippen LogP contribution in [0, 0.1) is 5.92 Å². The normalized spacial score (nSPS) is 27.0. The molecular formula is C17H28N2O2. The highest BCUT2D eigenvalue weighted by Crippen LogP contribution is 2.33. The Hall–Kier alpha value is -1.06. The third-order valence-electron chi connectivity index (χ3n) is 5.67. The summed E-state index contributed by atoms with van der Waals surface area (Å²) in [5.41, 5.74) is -0.568. The summed E-state index contributed by atoms with van der Waals surface area (Å²) in [6, 6.07) is 0. The van der Waals surface area contributed by atoms with Gasteiger partial charge in [-0.25, -0.2) is 0 Å². The van der Waals surface area contributed by atoms with E-state index in [0.717, 1.165) is 44.6 Å². The van der Waals surface area contributed by atoms with Crippen LogP contribution in [-0.2, 0) is 9.59 Å². The monoisotopic (exact) mass is 292 g/mol. The molecule has 4 heteroatoms. The quantitative estimate of drug-likeness (QED) is 0.869. The fourth-order valence-corrected chi connectivity index (χ4v) is 4.37. The first kappa shape index (κ1) is 14.9. The molecule has 1 saturated heterocycles. The van der Waals surface area contributed by atoms with E-state index in [-0.39, 0.29) is 11.8 Å². The highest BCUT2D eigenvalue weighted by Gasteiger charge is 2.44. The standard InChI is InChI=1S/C17H28N2O2/c20-15-9-13-19(12-8-14-6-2-3-7-14)16(21)17(18-15)10-4-1-5-11-17/h14H,1-13H2,(H,18,20). The van der Waals surface area contributed by atoms with Gasteiger partial charge in [-0.2, -0.15) is 0 Å². The second-order valence-electron chi connectivity index (χ2n) is 7.17.